The van der Waals surface area contributed by atoms with Gasteiger partial charge in [0.1, 0.15) is 5.41 Å². The molecule has 1 aromatic rings. The van der Waals surface area contributed by atoms with Gasteiger partial charge < -0.3 is 15.2 Å². The topological polar surface area (TPSA) is 101 Å². The first kappa shape index (κ1) is 13.8. The van der Waals surface area contributed by atoms with Crippen molar-refractivity contribution in [1.29, 1.82) is 0 Å². The number of carbonyl (C=O) groups is 2. The van der Waals surface area contributed by atoms with Gasteiger partial charge >= 0.3 is 12.0 Å². The van der Waals surface area contributed by atoms with Crippen molar-refractivity contribution >= 4 is 28.5 Å². The van der Waals surface area contributed by atoms with Crippen LogP contribution in [0.25, 0.3) is 0 Å². The van der Waals surface area contributed by atoms with Gasteiger partial charge in [-0.1, -0.05) is 0 Å². The first-order chi connectivity index (χ1) is 8.91. The lowest BCUT2D eigenvalue weighted by Crippen LogP contribution is -2.50. The molecule has 0 aliphatic carbocycles. The molecule has 19 heavy (non-hydrogen) atoms. The number of nitrogens with zero attached hydrogens (tertiary/aromatic N) is 1. The van der Waals surface area contributed by atoms with E-state index in [-0.39, 0.29) is 13.2 Å². The van der Waals surface area contributed by atoms with Crippen LogP contribution in [0.1, 0.15) is 11.8 Å². The zero-order chi connectivity index (χ0) is 14.0. The number of ether oxygens (including phenoxy) is 1. The summed E-state index contributed by atoms with van der Waals surface area (Å²) in [6.07, 6.45) is 1.65. The number of aryl methyl sites for hydroxylation is 1. The van der Waals surface area contributed by atoms with Crippen molar-refractivity contribution in [1.82, 2.24) is 10.3 Å². The summed E-state index contributed by atoms with van der Waals surface area (Å²) in [5.41, 5.74) is -1.10. The summed E-state index contributed by atoms with van der Waals surface area (Å²) in [4.78, 5) is 28.0. The third-order valence-corrected chi connectivity index (χ3v) is 3.92. The lowest BCUT2D eigenvalue weighted by molar-refractivity contribution is -0.148. The lowest BCUT2D eigenvalue weighted by atomic mass is 9.85. The predicted octanol–water partition coefficient (Wildman–Crippen LogP) is 1.06. The molecule has 2 amide bonds. The number of amides is 2. The summed E-state index contributed by atoms with van der Waals surface area (Å²) < 4.78 is 5.15. The molecule has 1 aliphatic rings. The third kappa shape index (κ3) is 2.85. The molecule has 0 aromatic carbocycles. The van der Waals surface area contributed by atoms with E-state index in [1.54, 1.807) is 13.1 Å². The first-order valence-electron chi connectivity index (χ1n) is 5.73. The molecule has 0 spiro atoms. The number of hydrogen-bond donors (Lipinski definition) is 3. The van der Waals surface area contributed by atoms with Gasteiger partial charge in [0.25, 0.3) is 0 Å². The maximum Gasteiger partial charge on any atom is 0.321 e. The maximum atomic E-state index is 11.8. The number of urea groups is 1. The highest BCUT2D eigenvalue weighted by molar-refractivity contribution is 7.15. The Morgan fingerprint density at radius 2 is 2.37 bits per heavy atom. The minimum atomic E-state index is -1.10. The molecule has 0 radical (unpaired) electrons. The van der Waals surface area contributed by atoms with Crippen molar-refractivity contribution in [3.8, 4) is 0 Å². The largest absolute Gasteiger partial charge is 0.481 e. The zero-order valence-electron chi connectivity index (χ0n) is 10.6. The minimum absolute atomic E-state index is 0.0869. The SMILES string of the molecule is Cc1cnc(NC(=O)NC2COCC2(C)C(=O)O)s1. The van der Waals surface area contributed by atoms with Crippen LogP contribution in [0, 0.1) is 12.3 Å². The number of carbonyl (C=O) groups excluding carboxylic acids is 1. The van der Waals surface area contributed by atoms with E-state index in [0.717, 1.165) is 4.88 Å². The van der Waals surface area contributed by atoms with Gasteiger partial charge in [-0.15, -0.1) is 11.3 Å². The second-order valence-corrected chi connectivity index (χ2v) is 5.90. The van der Waals surface area contributed by atoms with Crippen LogP contribution in [0.2, 0.25) is 0 Å². The second-order valence-electron chi connectivity index (χ2n) is 4.66. The van der Waals surface area contributed by atoms with Crippen molar-refractivity contribution in [2.75, 3.05) is 18.5 Å². The lowest BCUT2D eigenvalue weighted by Gasteiger charge is -2.25. The summed E-state index contributed by atoms with van der Waals surface area (Å²) in [6.45, 7) is 3.71. The Balaban J connectivity index is 1.97. The van der Waals surface area contributed by atoms with Crippen LogP contribution in [0.3, 0.4) is 0 Å². The summed E-state index contributed by atoms with van der Waals surface area (Å²) in [6, 6.07) is -1.04. The van der Waals surface area contributed by atoms with E-state index in [2.05, 4.69) is 15.6 Å². The van der Waals surface area contributed by atoms with E-state index in [0.29, 0.717) is 5.13 Å². The van der Waals surface area contributed by atoms with Crippen molar-refractivity contribution in [3.05, 3.63) is 11.1 Å². The molecule has 1 saturated heterocycles. The Morgan fingerprint density at radius 1 is 1.63 bits per heavy atom. The van der Waals surface area contributed by atoms with Crippen LogP contribution >= 0.6 is 11.3 Å². The average Bonchev–Trinajstić information content (AvgIpc) is 2.87. The first-order valence-corrected chi connectivity index (χ1v) is 6.54. The molecule has 1 aliphatic heterocycles. The predicted molar refractivity (Wildman–Crippen MR) is 69.4 cm³/mol. The van der Waals surface area contributed by atoms with Gasteiger partial charge in [0.05, 0.1) is 19.3 Å². The van der Waals surface area contributed by atoms with Gasteiger partial charge in [0, 0.05) is 11.1 Å². The van der Waals surface area contributed by atoms with Crippen molar-refractivity contribution < 1.29 is 19.4 Å². The molecule has 2 rings (SSSR count). The van der Waals surface area contributed by atoms with Crippen molar-refractivity contribution in [2.24, 2.45) is 5.41 Å². The second kappa shape index (κ2) is 5.14. The van der Waals surface area contributed by atoms with Crippen LogP contribution in [0.15, 0.2) is 6.20 Å². The molecule has 3 N–H and O–H groups in total. The average molecular weight is 285 g/mol. The van der Waals surface area contributed by atoms with E-state index in [4.69, 9.17) is 4.74 Å². The summed E-state index contributed by atoms with van der Waals surface area (Å²) in [7, 11) is 0. The Bertz CT molecular complexity index is 504. The van der Waals surface area contributed by atoms with E-state index < -0.39 is 23.5 Å². The molecule has 0 saturated carbocycles. The Kier molecular flexibility index (Phi) is 3.72. The Hall–Kier alpha value is -1.67. The quantitative estimate of drug-likeness (QED) is 0.771. The molecule has 2 heterocycles. The maximum absolute atomic E-state index is 11.8. The molecule has 7 nitrogen and oxygen atoms in total. The van der Waals surface area contributed by atoms with Crippen molar-refractivity contribution in [3.63, 3.8) is 0 Å². The van der Waals surface area contributed by atoms with Gasteiger partial charge in [0.15, 0.2) is 5.13 Å². The number of nitrogens with one attached hydrogen (secondary N) is 2. The van der Waals surface area contributed by atoms with E-state index in [9.17, 15) is 14.7 Å². The Labute approximate surface area is 114 Å². The number of anilines is 1. The molecular weight excluding hydrogens is 270 g/mol. The molecule has 0 bridgehead atoms. The van der Waals surface area contributed by atoms with Gasteiger partial charge in [-0.3, -0.25) is 10.1 Å². The van der Waals surface area contributed by atoms with Gasteiger partial charge in [-0.05, 0) is 13.8 Å². The van der Waals surface area contributed by atoms with Gasteiger partial charge in [-0.25, -0.2) is 9.78 Å². The molecular formula is C11H15N3O4S. The monoisotopic (exact) mass is 285 g/mol. The van der Waals surface area contributed by atoms with E-state index >= 15 is 0 Å². The van der Waals surface area contributed by atoms with Crippen molar-refractivity contribution in [2.45, 2.75) is 19.9 Å². The fourth-order valence-corrected chi connectivity index (χ4v) is 2.45. The molecule has 2 unspecified atom stereocenters. The smallest absolute Gasteiger partial charge is 0.321 e. The van der Waals surface area contributed by atoms with Crippen LogP contribution < -0.4 is 10.6 Å². The molecule has 2 atom stereocenters. The van der Waals surface area contributed by atoms with Crippen LogP contribution in [0.4, 0.5) is 9.93 Å². The van der Waals surface area contributed by atoms with Crippen LogP contribution in [0.5, 0.6) is 0 Å². The van der Waals surface area contributed by atoms with E-state index in [1.807, 2.05) is 6.92 Å². The molecule has 1 aromatic heterocycles. The van der Waals surface area contributed by atoms with Crippen LogP contribution in [-0.4, -0.2) is 41.3 Å². The number of aliphatic carboxylic acids is 1. The molecule has 1 fully saturated rings. The minimum Gasteiger partial charge on any atom is -0.481 e. The number of hydrogen-bond acceptors (Lipinski definition) is 5. The summed E-state index contributed by atoms with van der Waals surface area (Å²) in [5.74, 6) is -0.986. The molecule has 104 valence electrons. The fourth-order valence-electron chi connectivity index (χ4n) is 1.79. The summed E-state index contributed by atoms with van der Waals surface area (Å²) in [5, 5.41) is 14.9. The normalized spacial score (nSPS) is 26.1. The van der Waals surface area contributed by atoms with Gasteiger partial charge in [-0.2, -0.15) is 0 Å². The van der Waals surface area contributed by atoms with Crippen LogP contribution in [-0.2, 0) is 9.53 Å². The highest BCUT2D eigenvalue weighted by atomic mass is 32.1. The summed E-state index contributed by atoms with van der Waals surface area (Å²) >= 11 is 1.35. The number of carboxylic acids is 1. The number of aromatic nitrogens is 1. The Morgan fingerprint density at radius 3 is 2.95 bits per heavy atom. The molecule has 8 heteroatoms. The fraction of sp³-hybridized carbons (Fsp3) is 0.545. The van der Waals surface area contributed by atoms with Gasteiger partial charge in [0.2, 0.25) is 0 Å². The highest BCUT2D eigenvalue weighted by Crippen LogP contribution is 2.28. The zero-order valence-corrected chi connectivity index (χ0v) is 11.4. The standard InChI is InChI=1S/C11H15N3O4S/c1-6-3-12-10(19-6)14-9(17)13-7-4-18-5-11(7,2)8(15)16/h3,7H,4-5H2,1-2H3,(H,15,16)(H2,12,13,14,17). The number of thiazole rings is 1. The van der Waals surface area contributed by atoms with E-state index in [1.165, 1.54) is 11.3 Å². The highest BCUT2D eigenvalue weighted by Gasteiger charge is 2.47. The third-order valence-electron chi connectivity index (χ3n) is 3.09. The number of rotatable bonds is 3. The number of carboxylic acid groups (broad SMARTS) is 1.